The fourth-order valence-electron chi connectivity index (χ4n) is 1.68. The molecule has 1 aliphatic heterocycles. The van der Waals surface area contributed by atoms with E-state index in [1.807, 2.05) is 12.1 Å². The molecule has 0 bridgehead atoms. The first-order chi connectivity index (χ1) is 6.74. The zero-order chi connectivity index (χ0) is 9.97. The minimum absolute atomic E-state index is 0.821. The Kier molecular flexibility index (Phi) is 2.89. The average Bonchev–Trinajstić information content (AvgIpc) is 2.54. The molecule has 0 atom stereocenters. The van der Waals surface area contributed by atoms with Crippen molar-refractivity contribution in [2.75, 3.05) is 18.8 Å². The van der Waals surface area contributed by atoms with Gasteiger partial charge in [0.1, 0.15) is 0 Å². The third kappa shape index (κ3) is 2.36. The molecule has 3 heteroatoms. The van der Waals surface area contributed by atoms with Gasteiger partial charge in [-0.2, -0.15) is 0 Å². The van der Waals surface area contributed by atoms with Crippen molar-refractivity contribution in [3.8, 4) is 0 Å². The normalized spacial score (nSPS) is 16.4. The lowest BCUT2D eigenvalue weighted by atomic mass is 10.2. The van der Waals surface area contributed by atoms with E-state index in [0.29, 0.717) is 0 Å². The molecule has 0 radical (unpaired) electrons. The quantitative estimate of drug-likeness (QED) is 0.647. The summed E-state index contributed by atoms with van der Waals surface area (Å²) in [5, 5.41) is 0. The molecule has 2 nitrogen and oxygen atoms in total. The summed E-state index contributed by atoms with van der Waals surface area (Å²) < 4.78 is 1.06. The molecule has 2 N–H and O–H groups in total. The first-order valence-electron chi connectivity index (χ1n) is 4.66. The molecule has 2 rings (SSSR count). The Labute approximate surface area is 92.5 Å². The lowest BCUT2D eigenvalue weighted by molar-refractivity contribution is 0.345. The molecular weight excluding hydrogens is 240 g/mol. The van der Waals surface area contributed by atoms with Crippen molar-refractivity contribution in [2.45, 2.75) is 6.54 Å². The molecule has 0 saturated carbocycles. The minimum atomic E-state index is 0.821. The zero-order valence-electron chi connectivity index (χ0n) is 7.91. The lowest BCUT2D eigenvalue weighted by Gasteiger charge is -2.15. The lowest BCUT2D eigenvalue weighted by Crippen LogP contribution is -2.19. The summed E-state index contributed by atoms with van der Waals surface area (Å²) in [6, 6.07) is 6.07. The Bertz CT molecular complexity index is 332. The highest BCUT2D eigenvalue weighted by Gasteiger charge is 2.07. The monoisotopic (exact) mass is 252 g/mol. The first kappa shape index (κ1) is 9.74. The summed E-state index contributed by atoms with van der Waals surface area (Å²) in [6.07, 6.45) is 4.39. The van der Waals surface area contributed by atoms with E-state index in [1.54, 1.807) is 0 Å². The number of nitrogens with zero attached hydrogens (tertiary/aromatic N) is 1. The molecule has 0 aliphatic carbocycles. The molecule has 1 aromatic rings. The van der Waals surface area contributed by atoms with Crippen LogP contribution in [-0.2, 0) is 6.54 Å². The van der Waals surface area contributed by atoms with Crippen LogP contribution in [0.25, 0.3) is 0 Å². The maximum Gasteiger partial charge on any atom is 0.0328 e. The number of nitrogens with two attached hydrogens (primary N) is 1. The standard InChI is InChI=1S/C11H13BrN2/c12-10-5-9(6-11(13)7-10)8-14-3-1-2-4-14/h1-2,5-7H,3-4,8,13H2. The fraction of sp³-hybridized carbons (Fsp3) is 0.273. The summed E-state index contributed by atoms with van der Waals surface area (Å²) in [4.78, 5) is 2.36. The van der Waals surface area contributed by atoms with Crippen molar-refractivity contribution >= 4 is 21.6 Å². The van der Waals surface area contributed by atoms with E-state index >= 15 is 0 Å². The summed E-state index contributed by atoms with van der Waals surface area (Å²) in [6.45, 7) is 3.06. The third-order valence-corrected chi connectivity index (χ3v) is 2.74. The highest BCUT2D eigenvalue weighted by Crippen LogP contribution is 2.19. The SMILES string of the molecule is Nc1cc(Br)cc(CN2CC=CC2)c1. The van der Waals surface area contributed by atoms with Gasteiger partial charge in [0.05, 0.1) is 0 Å². The van der Waals surface area contributed by atoms with E-state index in [4.69, 9.17) is 5.73 Å². The molecule has 0 fully saturated rings. The van der Waals surface area contributed by atoms with Crippen molar-refractivity contribution in [1.29, 1.82) is 0 Å². The van der Waals surface area contributed by atoms with Gasteiger partial charge < -0.3 is 5.73 Å². The van der Waals surface area contributed by atoms with Crippen molar-refractivity contribution in [3.63, 3.8) is 0 Å². The van der Waals surface area contributed by atoms with Gasteiger partial charge in [0.25, 0.3) is 0 Å². The summed E-state index contributed by atoms with van der Waals surface area (Å²) >= 11 is 3.45. The maximum atomic E-state index is 5.77. The Morgan fingerprint density at radius 2 is 1.93 bits per heavy atom. The van der Waals surface area contributed by atoms with E-state index in [-0.39, 0.29) is 0 Å². The van der Waals surface area contributed by atoms with Gasteiger partial charge in [0, 0.05) is 29.8 Å². The van der Waals surface area contributed by atoms with Crippen LogP contribution in [0.3, 0.4) is 0 Å². The van der Waals surface area contributed by atoms with E-state index in [9.17, 15) is 0 Å². The van der Waals surface area contributed by atoms with Crippen LogP contribution in [0.1, 0.15) is 5.56 Å². The predicted octanol–water partition coefficient (Wildman–Crippen LogP) is 2.40. The maximum absolute atomic E-state index is 5.77. The zero-order valence-corrected chi connectivity index (χ0v) is 9.50. The third-order valence-electron chi connectivity index (χ3n) is 2.28. The molecule has 0 aromatic heterocycles. The molecular formula is C11H13BrN2. The molecule has 1 aliphatic rings. The van der Waals surface area contributed by atoms with Crippen LogP contribution in [0.2, 0.25) is 0 Å². The topological polar surface area (TPSA) is 29.3 Å². The van der Waals surface area contributed by atoms with Crippen LogP contribution in [-0.4, -0.2) is 18.0 Å². The molecule has 0 spiro atoms. The molecule has 14 heavy (non-hydrogen) atoms. The first-order valence-corrected chi connectivity index (χ1v) is 5.45. The number of halogens is 1. The van der Waals surface area contributed by atoms with E-state index < -0.39 is 0 Å². The number of nitrogen functional groups attached to an aromatic ring is 1. The second-order valence-electron chi connectivity index (χ2n) is 3.56. The summed E-state index contributed by atoms with van der Waals surface area (Å²) in [5.74, 6) is 0. The molecule has 0 unspecified atom stereocenters. The van der Waals surface area contributed by atoms with Gasteiger partial charge in [-0.1, -0.05) is 28.1 Å². The smallest absolute Gasteiger partial charge is 0.0328 e. The largest absolute Gasteiger partial charge is 0.399 e. The van der Waals surface area contributed by atoms with Crippen LogP contribution < -0.4 is 5.73 Å². The van der Waals surface area contributed by atoms with Crippen molar-refractivity contribution in [1.82, 2.24) is 4.90 Å². The van der Waals surface area contributed by atoms with Crippen LogP contribution in [0.4, 0.5) is 5.69 Å². The molecule has 1 aromatic carbocycles. The Morgan fingerprint density at radius 1 is 1.21 bits per heavy atom. The van der Waals surface area contributed by atoms with Gasteiger partial charge in [-0.3, -0.25) is 4.90 Å². The Balaban J connectivity index is 2.08. The number of anilines is 1. The van der Waals surface area contributed by atoms with Crippen LogP contribution >= 0.6 is 15.9 Å². The molecule has 74 valence electrons. The van der Waals surface area contributed by atoms with Gasteiger partial charge in [-0.05, 0) is 23.8 Å². The fourth-order valence-corrected chi connectivity index (χ4v) is 2.23. The molecule has 0 amide bonds. The number of hydrogen-bond donors (Lipinski definition) is 1. The van der Waals surface area contributed by atoms with Crippen molar-refractivity contribution < 1.29 is 0 Å². The highest BCUT2D eigenvalue weighted by atomic mass is 79.9. The van der Waals surface area contributed by atoms with Crippen LogP contribution in [0.5, 0.6) is 0 Å². The average molecular weight is 253 g/mol. The second-order valence-corrected chi connectivity index (χ2v) is 4.47. The van der Waals surface area contributed by atoms with Crippen LogP contribution in [0, 0.1) is 0 Å². The number of hydrogen-bond acceptors (Lipinski definition) is 2. The summed E-state index contributed by atoms with van der Waals surface area (Å²) in [7, 11) is 0. The van der Waals surface area contributed by atoms with Gasteiger partial charge in [-0.25, -0.2) is 0 Å². The second kappa shape index (κ2) is 4.15. The van der Waals surface area contributed by atoms with Crippen molar-refractivity contribution in [3.05, 3.63) is 40.4 Å². The molecule has 1 heterocycles. The number of benzene rings is 1. The van der Waals surface area contributed by atoms with Gasteiger partial charge in [0.2, 0.25) is 0 Å². The van der Waals surface area contributed by atoms with Gasteiger partial charge in [-0.15, -0.1) is 0 Å². The Morgan fingerprint density at radius 3 is 2.57 bits per heavy atom. The van der Waals surface area contributed by atoms with Crippen LogP contribution in [0.15, 0.2) is 34.8 Å². The van der Waals surface area contributed by atoms with Gasteiger partial charge in [0.15, 0.2) is 0 Å². The van der Waals surface area contributed by atoms with Gasteiger partial charge >= 0.3 is 0 Å². The van der Waals surface area contributed by atoms with Crippen molar-refractivity contribution in [2.24, 2.45) is 0 Å². The Hall–Kier alpha value is -0.800. The van der Waals surface area contributed by atoms with E-state index in [1.165, 1.54) is 5.56 Å². The number of rotatable bonds is 2. The highest BCUT2D eigenvalue weighted by molar-refractivity contribution is 9.10. The predicted molar refractivity (Wildman–Crippen MR) is 63.0 cm³/mol. The van der Waals surface area contributed by atoms with E-state index in [0.717, 1.165) is 29.8 Å². The van der Waals surface area contributed by atoms with E-state index in [2.05, 4.69) is 39.0 Å². The minimum Gasteiger partial charge on any atom is -0.399 e. The summed E-state index contributed by atoms with van der Waals surface area (Å²) in [5.41, 5.74) is 7.85. The molecule has 0 saturated heterocycles.